The molecule has 0 amide bonds. The summed E-state index contributed by atoms with van der Waals surface area (Å²) in [5.74, 6) is 0.778. The van der Waals surface area contributed by atoms with E-state index in [9.17, 15) is 5.11 Å². The quantitative estimate of drug-likeness (QED) is 0.452. The minimum atomic E-state index is -0.280. The van der Waals surface area contributed by atoms with Crippen LogP contribution in [0.1, 0.15) is 17.2 Å². The summed E-state index contributed by atoms with van der Waals surface area (Å²) < 4.78 is 5.23. The van der Waals surface area contributed by atoms with Gasteiger partial charge in [-0.1, -0.05) is 60.1 Å². The highest BCUT2D eigenvalue weighted by Gasteiger charge is 2.20. The van der Waals surface area contributed by atoms with Crippen LogP contribution in [0, 0.1) is 0 Å². The summed E-state index contributed by atoms with van der Waals surface area (Å²) in [5, 5.41) is 15.8. The SMILES string of the molecule is COc1ccc(NC(c2ccccc2)c2ccc3cccnc3c2O)cc1Cl. The topological polar surface area (TPSA) is 54.4 Å². The van der Waals surface area contributed by atoms with Crippen molar-refractivity contribution in [1.82, 2.24) is 4.98 Å². The Morgan fingerprint density at radius 1 is 1.00 bits per heavy atom. The fourth-order valence-corrected chi connectivity index (χ4v) is 3.54. The lowest BCUT2D eigenvalue weighted by Gasteiger charge is -2.23. The highest BCUT2D eigenvalue weighted by atomic mass is 35.5. The molecule has 0 radical (unpaired) electrons. The van der Waals surface area contributed by atoms with Gasteiger partial charge in [0.1, 0.15) is 17.0 Å². The number of rotatable bonds is 5. The van der Waals surface area contributed by atoms with Crippen LogP contribution in [-0.4, -0.2) is 17.2 Å². The monoisotopic (exact) mass is 390 g/mol. The van der Waals surface area contributed by atoms with Crippen molar-refractivity contribution in [3.63, 3.8) is 0 Å². The molecule has 28 heavy (non-hydrogen) atoms. The number of halogens is 1. The molecule has 1 unspecified atom stereocenters. The molecule has 4 rings (SSSR count). The third kappa shape index (κ3) is 3.47. The molecule has 0 saturated heterocycles. The predicted molar refractivity (Wildman–Crippen MR) is 113 cm³/mol. The Balaban J connectivity index is 1.81. The van der Waals surface area contributed by atoms with E-state index in [4.69, 9.17) is 16.3 Å². The first kappa shape index (κ1) is 18.1. The Morgan fingerprint density at radius 3 is 2.57 bits per heavy atom. The first-order valence-electron chi connectivity index (χ1n) is 8.89. The van der Waals surface area contributed by atoms with Crippen LogP contribution in [0.25, 0.3) is 10.9 Å². The van der Waals surface area contributed by atoms with Crippen LogP contribution < -0.4 is 10.1 Å². The molecule has 0 aliphatic rings. The van der Waals surface area contributed by atoms with Gasteiger partial charge in [0, 0.05) is 22.8 Å². The number of methoxy groups -OCH3 is 1. The maximum absolute atomic E-state index is 10.9. The Hall–Kier alpha value is -3.24. The molecular formula is C23H19ClN2O2. The van der Waals surface area contributed by atoms with Gasteiger partial charge >= 0.3 is 0 Å². The normalized spacial score (nSPS) is 11.9. The number of phenolic OH excluding ortho intramolecular Hbond substituents is 1. The number of nitrogens with zero attached hydrogens (tertiary/aromatic N) is 1. The van der Waals surface area contributed by atoms with E-state index in [-0.39, 0.29) is 11.8 Å². The lowest BCUT2D eigenvalue weighted by atomic mass is 9.96. The highest BCUT2D eigenvalue weighted by Crippen LogP contribution is 2.37. The average Bonchev–Trinajstić information content (AvgIpc) is 2.74. The van der Waals surface area contributed by atoms with Crippen LogP contribution in [-0.2, 0) is 0 Å². The molecule has 1 aromatic heterocycles. The summed E-state index contributed by atoms with van der Waals surface area (Å²) in [6.45, 7) is 0. The van der Waals surface area contributed by atoms with E-state index in [0.29, 0.717) is 16.3 Å². The fraction of sp³-hybridized carbons (Fsp3) is 0.0870. The van der Waals surface area contributed by atoms with E-state index in [1.165, 1.54) is 0 Å². The van der Waals surface area contributed by atoms with Gasteiger partial charge in [-0.05, 0) is 29.8 Å². The molecule has 0 saturated carbocycles. The van der Waals surface area contributed by atoms with Gasteiger partial charge < -0.3 is 15.2 Å². The van der Waals surface area contributed by atoms with Gasteiger partial charge in [-0.3, -0.25) is 4.98 Å². The molecule has 1 atom stereocenters. The van der Waals surface area contributed by atoms with Gasteiger partial charge in [0.2, 0.25) is 0 Å². The zero-order chi connectivity index (χ0) is 19.5. The Kier molecular flexibility index (Phi) is 5.04. The summed E-state index contributed by atoms with van der Waals surface area (Å²) in [7, 11) is 1.58. The number of phenols is 1. The molecule has 2 N–H and O–H groups in total. The second-order valence-electron chi connectivity index (χ2n) is 6.42. The van der Waals surface area contributed by atoms with Crippen molar-refractivity contribution in [2.24, 2.45) is 0 Å². The van der Waals surface area contributed by atoms with Gasteiger partial charge in [-0.2, -0.15) is 0 Å². The van der Waals surface area contributed by atoms with Crippen LogP contribution in [0.5, 0.6) is 11.5 Å². The molecule has 3 aromatic carbocycles. The molecule has 4 aromatic rings. The number of aromatic hydroxyl groups is 1. The van der Waals surface area contributed by atoms with Crippen molar-refractivity contribution >= 4 is 28.2 Å². The number of ether oxygens (including phenoxy) is 1. The number of pyridine rings is 1. The molecular weight excluding hydrogens is 372 g/mol. The predicted octanol–water partition coefficient (Wildman–Crippen LogP) is 5.80. The zero-order valence-corrected chi connectivity index (χ0v) is 16.0. The van der Waals surface area contributed by atoms with Gasteiger partial charge in [0.25, 0.3) is 0 Å². The molecule has 0 aliphatic heterocycles. The van der Waals surface area contributed by atoms with Crippen molar-refractivity contribution in [2.45, 2.75) is 6.04 Å². The molecule has 0 fully saturated rings. The maximum atomic E-state index is 10.9. The Morgan fingerprint density at radius 2 is 1.82 bits per heavy atom. The smallest absolute Gasteiger partial charge is 0.147 e. The number of hydrogen-bond acceptors (Lipinski definition) is 4. The molecule has 0 bridgehead atoms. The summed E-state index contributed by atoms with van der Waals surface area (Å²) in [6.07, 6.45) is 1.68. The third-order valence-corrected chi connectivity index (χ3v) is 4.98. The minimum Gasteiger partial charge on any atom is -0.505 e. The molecule has 140 valence electrons. The second-order valence-corrected chi connectivity index (χ2v) is 6.82. The minimum absolute atomic E-state index is 0.166. The average molecular weight is 391 g/mol. The highest BCUT2D eigenvalue weighted by molar-refractivity contribution is 6.32. The van der Waals surface area contributed by atoms with Gasteiger partial charge in [0.05, 0.1) is 18.2 Å². The third-order valence-electron chi connectivity index (χ3n) is 4.69. The molecule has 0 spiro atoms. The summed E-state index contributed by atoms with van der Waals surface area (Å²) in [6, 6.07) is 22.9. The number of anilines is 1. The van der Waals surface area contributed by atoms with Crippen LogP contribution in [0.4, 0.5) is 5.69 Å². The van der Waals surface area contributed by atoms with E-state index >= 15 is 0 Å². The van der Waals surface area contributed by atoms with Crippen LogP contribution in [0.15, 0.2) is 79.0 Å². The lowest BCUT2D eigenvalue weighted by Crippen LogP contribution is -2.13. The van der Waals surface area contributed by atoms with Crippen molar-refractivity contribution in [3.8, 4) is 11.5 Å². The summed E-state index contributed by atoms with van der Waals surface area (Å²) >= 11 is 6.29. The fourth-order valence-electron chi connectivity index (χ4n) is 3.29. The van der Waals surface area contributed by atoms with E-state index in [2.05, 4.69) is 10.3 Å². The van der Waals surface area contributed by atoms with Gasteiger partial charge in [0.15, 0.2) is 0 Å². The number of aromatic nitrogens is 1. The molecule has 4 nitrogen and oxygen atoms in total. The van der Waals surface area contributed by atoms with E-state index in [1.54, 1.807) is 13.3 Å². The zero-order valence-electron chi connectivity index (χ0n) is 15.3. The van der Waals surface area contributed by atoms with Crippen LogP contribution in [0.3, 0.4) is 0 Å². The van der Waals surface area contributed by atoms with Crippen molar-refractivity contribution in [3.05, 3.63) is 95.1 Å². The Labute approximate surface area is 168 Å². The molecule has 0 aliphatic carbocycles. The first-order chi connectivity index (χ1) is 13.7. The number of nitrogens with one attached hydrogen (secondary N) is 1. The van der Waals surface area contributed by atoms with E-state index in [1.807, 2.05) is 72.8 Å². The maximum Gasteiger partial charge on any atom is 0.147 e. The Bertz CT molecular complexity index is 1120. The summed E-state index contributed by atoms with van der Waals surface area (Å²) in [4.78, 5) is 4.35. The van der Waals surface area contributed by atoms with E-state index in [0.717, 1.165) is 22.2 Å². The molecule has 5 heteroatoms. The van der Waals surface area contributed by atoms with Crippen molar-refractivity contribution in [1.29, 1.82) is 0 Å². The van der Waals surface area contributed by atoms with Crippen LogP contribution >= 0.6 is 11.6 Å². The summed E-state index contributed by atoms with van der Waals surface area (Å²) in [5.41, 5.74) is 3.15. The second kappa shape index (κ2) is 7.79. The van der Waals surface area contributed by atoms with Crippen LogP contribution in [0.2, 0.25) is 5.02 Å². The van der Waals surface area contributed by atoms with E-state index < -0.39 is 0 Å². The lowest BCUT2D eigenvalue weighted by molar-refractivity contribution is 0.415. The van der Waals surface area contributed by atoms with Crippen molar-refractivity contribution in [2.75, 3.05) is 12.4 Å². The number of fused-ring (bicyclic) bond motifs is 1. The first-order valence-corrected chi connectivity index (χ1v) is 9.27. The molecule has 1 heterocycles. The largest absolute Gasteiger partial charge is 0.505 e. The van der Waals surface area contributed by atoms with Gasteiger partial charge in [-0.15, -0.1) is 0 Å². The number of hydrogen-bond donors (Lipinski definition) is 2. The standard InChI is InChI=1S/C23H19ClN2O2/c1-28-20-12-10-17(14-19(20)24)26-21(15-6-3-2-4-7-15)18-11-9-16-8-5-13-25-22(16)23(18)27/h2-14,21,26-27H,1H3. The van der Waals surface area contributed by atoms with Crippen molar-refractivity contribution < 1.29 is 9.84 Å². The number of benzene rings is 3. The van der Waals surface area contributed by atoms with Gasteiger partial charge in [-0.25, -0.2) is 0 Å².